The first-order valence-electron chi connectivity index (χ1n) is 3.40. The molecule has 0 aliphatic carbocycles. The summed E-state index contributed by atoms with van der Waals surface area (Å²) in [5.74, 6) is -1.00. The van der Waals surface area contributed by atoms with Gasteiger partial charge in [0.2, 0.25) is 0 Å². The highest BCUT2D eigenvalue weighted by atomic mass is 79.9. The van der Waals surface area contributed by atoms with Gasteiger partial charge in [-0.15, -0.1) is 0 Å². The maximum Gasteiger partial charge on any atom is 0.339 e. The van der Waals surface area contributed by atoms with Gasteiger partial charge in [0.15, 0.2) is 0 Å². The van der Waals surface area contributed by atoms with Crippen molar-refractivity contribution in [1.29, 1.82) is 0 Å². The number of hydrogen-bond donors (Lipinski definition) is 1. The molecule has 5 nitrogen and oxygen atoms in total. The minimum absolute atomic E-state index is 0.147. The molecule has 0 bridgehead atoms. The van der Waals surface area contributed by atoms with Gasteiger partial charge in [0.25, 0.3) is 0 Å². The van der Waals surface area contributed by atoms with Gasteiger partial charge in [-0.05, 0) is 15.9 Å². The minimum Gasteiger partial charge on any atom is -0.478 e. The van der Waals surface area contributed by atoms with E-state index in [9.17, 15) is 4.79 Å². The molecule has 0 saturated carbocycles. The maximum absolute atomic E-state index is 10.7. The van der Waals surface area contributed by atoms with Crippen molar-refractivity contribution < 1.29 is 9.90 Å². The van der Waals surface area contributed by atoms with Crippen LogP contribution in [0.2, 0.25) is 0 Å². The highest BCUT2D eigenvalue weighted by Crippen LogP contribution is 2.14. The van der Waals surface area contributed by atoms with Gasteiger partial charge < -0.3 is 5.11 Å². The quantitative estimate of drug-likeness (QED) is 0.815. The number of carbonyl (C=O) groups is 1. The third-order valence-corrected chi connectivity index (χ3v) is 2.16. The van der Waals surface area contributed by atoms with Crippen LogP contribution >= 0.6 is 15.9 Å². The summed E-state index contributed by atoms with van der Waals surface area (Å²) in [4.78, 5) is 14.5. The summed E-state index contributed by atoms with van der Waals surface area (Å²) in [5.41, 5.74) is 0.621. The predicted octanol–water partition coefficient (Wildman–Crippen LogP) is 1.19. The lowest BCUT2D eigenvalue weighted by Crippen LogP contribution is -1.96. The summed E-state index contributed by atoms with van der Waals surface area (Å²) in [6, 6.07) is 0. The number of rotatable bonds is 1. The summed E-state index contributed by atoms with van der Waals surface area (Å²) in [5, 5.41) is 12.7. The molecule has 0 aliphatic rings. The monoisotopic (exact) mass is 241 g/mol. The number of hydrogen-bond acceptors (Lipinski definition) is 3. The van der Waals surface area contributed by atoms with Gasteiger partial charge in [-0.3, -0.25) is 4.98 Å². The fourth-order valence-corrected chi connectivity index (χ4v) is 1.44. The molecule has 0 spiro atoms. The van der Waals surface area contributed by atoms with E-state index in [4.69, 9.17) is 5.11 Å². The van der Waals surface area contributed by atoms with Crippen molar-refractivity contribution in [3.8, 4) is 0 Å². The molecule has 13 heavy (non-hydrogen) atoms. The van der Waals surface area contributed by atoms with Crippen molar-refractivity contribution >= 4 is 27.4 Å². The second-order valence-corrected chi connectivity index (χ2v) is 3.20. The molecule has 0 radical (unpaired) electrons. The molecule has 0 amide bonds. The number of fused-ring (bicyclic) bond motifs is 1. The van der Waals surface area contributed by atoms with Gasteiger partial charge in [0.05, 0.1) is 18.6 Å². The van der Waals surface area contributed by atoms with Crippen molar-refractivity contribution in [3.63, 3.8) is 0 Å². The fourth-order valence-electron chi connectivity index (χ4n) is 1.04. The van der Waals surface area contributed by atoms with Gasteiger partial charge in [-0.25, -0.2) is 9.31 Å². The van der Waals surface area contributed by atoms with E-state index in [0.717, 1.165) is 0 Å². The van der Waals surface area contributed by atoms with Crippen LogP contribution in [-0.2, 0) is 0 Å². The predicted molar refractivity (Wildman–Crippen MR) is 47.6 cm³/mol. The molecule has 2 rings (SSSR count). The Morgan fingerprint density at radius 3 is 2.92 bits per heavy atom. The summed E-state index contributed by atoms with van der Waals surface area (Å²) in [6.45, 7) is 0. The van der Waals surface area contributed by atoms with Crippen LogP contribution in [0.4, 0.5) is 0 Å². The van der Waals surface area contributed by atoms with E-state index >= 15 is 0 Å². The molecular formula is C7H4BrN3O2. The van der Waals surface area contributed by atoms with Gasteiger partial charge in [0.1, 0.15) is 15.7 Å². The van der Waals surface area contributed by atoms with Crippen molar-refractivity contribution in [2.24, 2.45) is 0 Å². The number of carboxylic acids is 1. The molecule has 2 aromatic heterocycles. The number of nitrogens with zero attached hydrogens (tertiary/aromatic N) is 3. The van der Waals surface area contributed by atoms with Crippen LogP contribution in [0.5, 0.6) is 0 Å². The van der Waals surface area contributed by atoms with Crippen molar-refractivity contribution in [2.45, 2.75) is 0 Å². The Labute approximate surface area is 81.1 Å². The van der Waals surface area contributed by atoms with Crippen LogP contribution in [0.15, 0.2) is 23.2 Å². The second-order valence-electron chi connectivity index (χ2n) is 2.39. The van der Waals surface area contributed by atoms with Crippen molar-refractivity contribution in [2.75, 3.05) is 0 Å². The summed E-state index contributed by atoms with van der Waals surface area (Å²) in [6.07, 6.45) is 4.30. The first kappa shape index (κ1) is 8.18. The Kier molecular flexibility index (Phi) is 1.77. The third kappa shape index (κ3) is 1.19. The van der Waals surface area contributed by atoms with E-state index in [1.54, 1.807) is 6.20 Å². The summed E-state index contributed by atoms with van der Waals surface area (Å²) in [7, 11) is 0. The molecule has 0 aliphatic heterocycles. The zero-order valence-electron chi connectivity index (χ0n) is 6.31. The molecule has 0 saturated heterocycles. The standard InChI is InChI=1S/C7H4BrN3O2/c8-6-3-9-2-5-4(7(12)13)1-10-11(5)6/h1-3H,(H,12,13). The first-order chi connectivity index (χ1) is 6.20. The van der Waals surface area contributed by atoms with Gasteiger partial charge in [0, 0.05) is 0 Å². The molecule has 2 aromatic rings. The molecular weight excluding hydrogens is 238 g/mol. The van der Waals surface area contributed by atoms with Gasteiger partial charge in [-0.1, -0.05) is 0 Å². The number of aromatic carboxylic acids is 1. The highest BCUT2D eigenvalue weighted by molar-refractivity contribution is 9.10. The van der Waals surface area contributed by atoms with Gasteiger partial charge >= 0.3 is 5.97 Å². The first-order valence-corrected chi connectivity index (χ1v) is 4.20. The second kappa shape index (κ2) is 2.81. The normalized spacial score (nSPS) is 10.5. The van der Waals surface area contributed by atoms with E-state index in [0.29, 0.717) is 10.1 Å². The molecule has 1 N–H and O–H groups in total. The third-order valence-electron chi connectivity index (χ3n) is 1.62. The largest absolute Gasteiger partial charge is 0.478 e. The van der Waals surface area contributed by atoms with Crippen LogP contribution in [0, 0.1) is 0 Å². The Balaban J connectivity index is 2.83. The summed E-state index contributed by atoms with van der Waals surface area (Å²) < 4.78 is 2.09. The average Bonchev–Trinajstić information content (AvgIpc) is 2.48. The highest BCUT2D eigenvalue weighted by Gasteiger charge is 2.11. The topological polar surface area (TPSA) is 67.5 Å². The number of halogens is 1. The zero-order chi connectivity index (χ0) is 9.42. The van der Waals surface area contributed by atoms with E-state index < -0.39 is 5.97 Å². The van der Waals surface area contributed by atoms with Crippen LogP contribution in [-0.4, -0.2) is 25.7 Å². The van der Waals surface area contributed by atoms with E-state index in [1.165, 1.54) is 16.9 Å². The Bertz CT molecular complexity index is 480. The Hall–Kier alpha value is -1.43. The maximum atomic E-state index is 10.7. The number of aromatic nitrogens is 3. The van der Waals surface area contributed by atoms with E-state index in [1.807, 2.05) is 0 Å². The molecule has 0 unspecified atom stereocenters. The lowest BCUT2D eigenvalue weighted by atomic mass is 10.3. The average molecular weight is 242 g/mol. The lowest BCUT2D eigenvalue weighted by Gasteiger charge is -1.95. The smallest absolute Gasteiger partial charge is 0.339 e. The van der Waals surface area contributed by atoms with E-state index in [-0.39, 0.29) is 5.56 Å². The van der Waals surface area contributed by atoms with Crippen LogP contribution in [0.1, 0.15) is 10.4 Å². The Morgan fingerprint density at radius 2 is 2.23 bits per heavy atom. The van der Waals surface area contributed by atoms with Crippen molar-refractivity contribution in [3.05, 3.63) is 28.8 Å². The zero-order valence-corrected chi connectivity index (χ0v) is 7.89. The lowest BCUT2D eigenvalue weighted by molar-refractivity contribution is 0.0699. The minimum atomic E-state index is -1.00. The summed E-state index contributed by atoms with van der Waals surface area (Å²) >= 11 is 3.20. The van der Waals surface area contributed by atoms with Gasteiger partial charge in [-0.2, -0.15) is 5.10 Å². The fraction of sp³-hybridized carbons (Fsp3) is 0. The van der Waals surface area contributed by atoms with Crippen LogP contribution < -0.4 is 0 Å². The van der Waals surface area contributed by atoms with Crippen LogP contribution in [0.25, 0.3) is 5.52 Å². The van der Waals surface area contributed by atoms with E-state index in [2.05, 4.69) is 26.0 Å². The molecule has 0 fully saturated rings. The molecule has 0 atom stereocenters. The molecule has 0 aromatic carbocycles. The van der Waals surface area contributed by atoms with Crippen LogP contribution in [0.3, 0.4) is 0 Å². The number of carboxylic acid groups (broad SMARTS) is 1. The molecule has 6 heteroatoms. The Morgan fingerprint density at radius 1 is 1.46 bits per heavy atom. The molecule has 2 heterocycles. The molecule has 66 valence electrons. The van der Waals surface area contributed by atoms with Crippen molar-refractivity contribution in [1.82, 2.24) is 14.6 Å². The SMILES string of the molecule is O=C(O)c1cnn2c(Br)cncc12.